The van der Waals surface area contributed by atoms with E-state index >= 15 is 0 Å². The van der Waals surface area contributed by atoms with E-state index in [0.29, 0.717) is 28.2 Å². The van der Waals surface area contributed by atoms with Crippen LogP contribution >= 0.6 is 0 Å². The third-order valence-electron chi connectivity index (χ3n) is 6.12. The summed E-state index contributed by atoms with van der Waals surface area (Å²) in [6.45, 7) is 23.0. The van der Waals surface area contributed by atoms with Gasteiger partial charge in [0.15, 0.2) is 17.1 Å². The lowest BCUT2D eigenvalue weighted by Gasteiger charge is -2.13. The van der Waals surface area contributed by atoms with Crippen LogP contribution in [-0.2, 0) is 43.2 Å². The zero-order valence-corrected chi connectivity index (χ0v) is 26.1. The molecule has 0 radical (unpaired) electrons. The SMILES string of the molecule is [C-]#[N+]c1cccc(CC(NC(C)=O)C(=O)O)c1.[C-]#[N+]c1cccc(CC(NC(C)=O)C(=O)O)c1.[C-]#[N+]c1cccc(C[C@H](N)C(=O)O)c1. The van der Waals surface area contributed by atoms with Crippen LogP contribution in [0.3, 0.4) is 0 Å². The minimum absolute atomic E-state index is 0.165. The van der Waals surface area contributed by atoms with Crippen molar-refractivity contribution in [2.75, 3.05) is 0 Å². The standard InChI is InChI=1S/2C12H12N2O3.C10H10N2O2/c2*1-8(15)14-11(12(16)17)7-9-4-3-5-10(6-9)13-2;1-12-8-4-2-3-7(5-8)6-9(11)10(13)14/h2*3-6,11H,7H2,1H3,(H,14,15)(H,16,17);2-5,9H,6,11H2,(H,13,14)/t;;9-/m..0/s1. The fourth-order valence-electron chi connectivity index (χ4n) is 3.96. The molecule has 0 saturated carbocycles. The molecule has 0 aliphatic rings. The third kappa shape index (κ3) is 15.4. The van der Waals surface area contributed by atoms with Crippen molar-refractivity contribution >= 4 is 46.8 Å². The van der Waals surface area contributed by atoms with Gasteiger partial charge in [-0.2, -0.15) is 0 Å². The maximum atomic E-state index is 10.9. The lowest BCUT2D eigenvalue weighted by atomic mass is 10.1. The highest BCUT2D eigenvalue weighted by atomic mass is 16.4. The summed E-state index contributed by atoms with van der Waals surface area (Å²) in [5.74, 6) is -3.99. The first-order valence-electron chi connectivity index (χ1n) is 14.1. The molecule has 14 nitrogen and oxygen atoms in total. The molecule has 0 fully saturated rings. The first-order chi connectivity index (χ1) is 22.7. The van der Waals surface area contributed by atoms with Crippen LogP contribution in [0.15, 0.2) is 72.8 Å². The Labute approximate surface area is 277 Å². The van der Waals surface area contributed by atoms with Gasteiger partial charge in [0.1, 0.15) is 18.1 Å². The number of carboxylic acid groups (broad SMARTS) is 3. The molecule has 0 bridgehead atoms. The number of carbonyl (C=O) groups is 5. The Bertz CT molecular complexity index is 1650. The molecule has 14 heteroatoms. The van der Waals surface area contributed by atoms with Gasteiger partial charge in [0, 0.05) is 26.7 Å². The topological polar surface area (TPSA) is 209 Å². The average Bonchev–Trinajstić information content (AvgIpc) is 3.04. The summed E-state index contributed by atoms with van der Waals surface area (Å²) in [6.07, 6.45) is 0.579. The van der Waals surface area contributed by atoms with Gasteiger partial charge < -0.3 is 31.7 Å². The van der Waals surface area contributed by atoms with Crippen molar-refractivity contribution < 1.29 is 39.3 Å². The minimum Gasteiger partial charge on any atom is -0.480 e. The summed E-state index contributed by atoms with van der Waals surface area (Å²) in [5, 5.41) is 31.2. The largest absolute Gasteiger partial charge is 0.480 e. The van der Waals surface area contributed by atoms with Gasteiger partial charge in [0.2, 0.25) is 11.8 Å². The van der Waals surface area contributed by atoms with E-state index in [1.807, 2.05) is 0 Å². The van der Waals surface area contributed by atoms with Gasteiger partial charge >= 0.3 is 17.9 Å². The lowest BCUT2D eigenvalue weighted by molar-refractivity contribution is -0.141. The van der Waals surface area contributed by atoms with Gasteiger partial charge in [0.05, 0.1) is 19.7 Å². The van der Waals surface area contributed by atoms with Crippen molar-refractivity contribution in [2.24, 2.45) is 5.73 Å². The molecule has 0 saturated heterocycles. The number of rotatable bonds is 11. The molecule has 3 aromatic rings. The van der Waals surface area contributed by atoms with Crippen molar-refractivity contribution in [3.05, 3.63) is 124 Å². The quantitative estimate of drug-likeness (QED) is 0.165. The second-order valence-electron chi connectivity index (χ2n) is 10.1. The predicted molar refractivity (Wildman–Crippen MR) is 175 cm³/mol. The molecule has 48 heavy (non-hydrogen) atoms. The molecular weight excluding hydrogens is 620 g/mol. The average molecular weight is 655 g/mol. The first kappa shape index (κ1) is 39.5. The van der Waals surface area contributed by atoms with Gasteiger partial charge in [-0.25, -0.2) is 24.1 Å². The monoisotopic (exact) mass is 654 g/mol. The number of hydrogen-bond donors (Lipinski definition) is 6. The van der Waals surface area contributed by atoms with Crippen LogP contribution in [0.2, 0.25) is 0 Å². The summed E-state index contributed by atoms with van der Waals surface area (Å²) < 4.78 is 0. The van der Waals surface area contributed by atoms with Crippen LogP contribution in [0.25, 0.3) is 14.5 Å². The summed E-state index contributed by atoms with van der Waals surface area (Å²) >= 11 is 0. The van der Waals surface area contributed by atoms with Gasteiger partial charge in [-0.1, -0.05) is 89.5 Å². The summed E-state index contributed by atoms with van der Waals surface area (Å²) in [5.41, 5.74) is 8.96. The van der Waals surface area contributed by atoms with E-state index in [1.54, 1.807) is 72.8 Å². The minimum atomic E-state index is -1.09. The van der Waals surface area contributed by atoms with Gasteiger partial charge in [-0.15, -0.1) is 0 Å². The lowest BCUT2D eigenvalue weighted by Crippen LogP contribution is -2.41. The van der Waals surface area contributed by atoms with E-state index < -0.39 is 47.8 Å². The molecule has 0 aromatic heterocycles. The number of amides is 2. The Hall–Kier alpha value is -6.56. The number of hydrogen-bond acceptors (Lipinski definition) is 6. The highest BCUT2D eigenvalue weighted by Gasteiger charge is 2.19. The Morgan fingerprint density at radius 2 is 0.917 bits per heavy atom. The fraction of sp³-hybridized carbons (Fsp3) is 0.235. The molecule has 0 heterocycles. The van der Waals surface area contributed by atoms with Gasteiger partial charge in [0.25, 0.3) is 0 Å². The number of carboxylic acids is 3. The highest BCUT2D eigenvalue weighted by Crippen LogP contribution is 2.17. The Morgan fingerprint density at radius 3 is 1.17 bits per heavy atom. The first-order valence-corrected chi connectivity index (χ1v) is 14.1. The van der Waals surface area contributed by atoms with Crippen LogP contribution in [0, 0.1) is 19.7 Å². The molecule has 248 valence electrons. The van der Waals surface area contributed by atoms with Crippen molar-refractivity contribution in [3.8, 4) is 0 Å². The smallest absolute Gasteiger partial charge is 0.326 e. The Kier molecular flexibility index (Phi) is 16.8. The predicted octanol–water partition coefficient (Wildman–Crippen LogP) is 3.93. The molecule has 2 unspecified atom stereocenters. The molecule has 0 spiro atoms. The van der Waals surface area contributed by atoms with E-state index in [4.69, 9.17) is 40.8 Å². The highest BCUT2D eigenvalue weighted by molar-refractivity contribution is 5.83. The van der Waals surface area contributed by atoms with Crippen molar-refractivity contribution in [1.82, 2.24) is 10.6 Å². The molecule has 7 N–H and O–H groups in total. The van der Waals surface area contributed by atoms with E-state index in [0.717, 1.165) is 5.56 Å². The van der Waals surface area contributed by atoms with Gasteiger partial charge in [-0.05, 0) is 6.42 Å². The van der Waals surface area contributed by atoms with Crippen molar-refractivity contribution in [1.29, 1.82) is 0 Å². The van der Waals surface area contributed by atoms with Crippen LogP contribution in [0.5, 0.6) is 0 Å². The Balaban J connectivity index is 0.000000362. The second kappa shape index (κ2) is 20.5. The summed E-state index contributed by atoms with van der Waals surface area (Å²) in [4.78, 5) is 63.8. The normalized spacial score (nSPS) is 11.4. The van der Waals surface area contributed by atoms with E-state index in [2.05, 4.69) is 25.2 Å². The third-order valence-corrected chi connectivity index (χ3v) is 6.12. The molecule has 3 atom stereocenters. The van der Waals surface area contributed by atoms with E-state index in [9.17, 15) is 24.0 Å². The number of carbonyl (C=O) groups excluding carboxylic acids is 2. The molecule has 3 aromatic carbocycles. The van der Waals surface area contributed by atoms with Gasteiger partial charge in [-0.3, -0.25) is 14.4 Å². The van der Waals surface area contributed by atoms with Crippen LogP contribution in [-0.4, -0.2) is 63.2 Å². The van der Waals surface area contributed by atoms with E-state index in [1.165, 1.54) is 13.8 Å². The number of benzene rings is 3. The van der Waals surface area contributed by atoms with E-state index in [-0.39, 0.29) is 19.3 Å². The second-order valence-corrected chi connectivity index (χ2v) is 10.1. The molecule has 2 amide bonds. The maximum absolute atomic E-state index is 10.9. The Morgan fingerprint density at radius 1 is 0.604 bits per heavy atom. The van der Waals surface area contributed by atoms with Crippen molar-refractivity contribution in [3.63, 3.8) is 0 Å². The van der Waals surface area contributed by atoms with Crippen LogP contribution in [0.1, 0.15) is 30.5 Å². The zero-order chi connectivity index (χ0) is 36.2. The molecule has 0 aliphatic carbocycles. The molecule has 0 aliphatic heterocycles. The number of aliphatic carboxylic acids is 3. The molecular formula is C34H34N6O8. The fourth-order valence-corrected chi connectivity index (χ4v) is 3.96. The van der Waals surface area contributed by atoms with Crippen LogP contribution in [0.4, 0.5) is 17.1 Å². The van der Waals surface area contributed by atoms with Crippen molar-refractivity contribution in [2.45, 2.75) is 51.2 Å². The maximum Gasteiger partial charge on any atom is 0.326 e. The zero-order valence-electron chi connectivity index (χ0n) is 26.1. The number of nitrogens with zero attached hydrogens (tertiary/aromatic N) is 3. The number of nitrogens with two attached hydrogens (primary N) is 1. The summed E-state index contributed by atoms with van der Waals surface area (Å²) in [6, 6.07) is 17.3. The molecule has 3 rings (SSSR count). The number of nitrogens with one attached hydrogen (secondary N) is 2. The summed E-state index contributed by atoms with van der Waals surface area (Å²) in [7, 11) is 0. The van der Waals surface area contributed by atoms with Crippen LogP contribution < -0.4 is 16.4 Å².